The molecule has 1 saturated heterocycles. The lowest BCUT2D eigenvalue weighted by atomic mass is 10.1. The normalized spacial score (nSPS) is 15.1. The van der Waals surface area contributed by atoms with Gasteiger partial charge in [0.15, 0.2) is 0 Å². The van der Waals surface area contributed by atoms with Gasteiger partial charge in [-0.2, -0.15) is 0 Å². The number of nitrogens with zero attached hydrogens (tertiary/aromatic N) is 3. The average Bonchev–Trinajstić information content (AvgIpc) is 3.14. The summed E-state index contributed by atoms with van der Waals surface area (Å²) >= 11 is 0. The minimum atomic E-state index is -0.805. The van der Waals surface area contributed by atoms with Crippen molar-refractivity contribution in [1.29, 1.82) is 0 Å². The van der Waals surface area contributed by atoms with E-state index in [1.54, 1.807) is 53.1 Å². The SMILES string of the molecule is CCOC(=O)Oc1ccc(C(=O)N2CCN(C(=O)CCCN3C(=O)c4ccccc4C3=O)CC2)cc1. The molecule has 10 nitrogen and oxygen atoms in total. The Kier molecular flexibility index (Phi) is 7.62. The summed E-state index contributed by atoms with van der Waals surface area (Å²) in [7, 11) is 0. The molecule has 2 heterocycles. The molecule has 0 spiro atoms. The Bertz CT molecular complexity index is 1140. The average molecular weight is 494 g/mol. The first-order valence-corrected chi connectivity index (χ1v) is 11.9. The van der Waals surface area contributed by atoms with Crippen LogP contribution in [0.25, 0.3) is 0 Å². The predicted octanol–water partition coefficient (Wildman–Crippen LogP) is 2.58. The van der Waals surface area contributed by atoms with Crippen molar-refractivity contribution in [2.45, 2.75) is 19.8 Å². The van der Waals surface area contributed by atoms with Crippen LogP contribution in [0.3, 0.4) is 0 Å². The molecule has 2 aliphatic heterocycles. The summed E-state index contributed by atoms with van der Waals surface area (Å²) in [6.45, 7) is 3.66. The molecule has 2 aromatic rings. The summed E-state index contributed by atoms with van der Waals surface area (Å²) < 4.78 is 9.72. The van der Waals surface area contributed by atoms with Crippen LogP contribution in [0, 0.1) is 0 Å². The molecule has 1 fully saturated rings. The number of ether oxygens (including phenoxy) is 2. The lowest BCUT2D eigenvalue weighted by molar-refractivity contribution is -0.132. The molecule has 2 aromatic carbocycles. The van der Waals surface area contributed by atoms with Crippen LogP contribution >= 0.6 is 0 Å². The van der Waals surface area contributed by atoms with Crippen molar-refractivity contribution in [3.8, 4) is 5.75 Å². The van der Waals surface area contributed by atoms with Crippen molar-refractivity contribution in [1.82, 2.24) is 14.7 Å². The number of hydrogen-bond acceptors (Lipinski definition) is 7. The Morgan fingerprint density at radius 2 is 1.42 bits per heavy atom. The first-order valence-electron chi connectivity index (χ1n) is 11.9. The molecule has 188 valence electrons. The molecule has 0 radical (unpaired) electrons. The largest absolute Gasteiger partial charge is 0.513 e. The van der Waals surface area contributed by atoms with E-state index in [-0.39, 0.29) is 49.0 Å². The summed E-state index contributed by atoms with van der Waals surface area (Å²) in [6, 6.07) is 12.9. The lowest BCUT2D eigenvalue weighted by Crippen LogP contribution is -2.50. The van der Waals surface area contributed by atoms with Gasteiger partial charge in [-0.05, 0) is 49.7 Å². The Morgan fingerprint density at radius 3 is 2.00 bits per heavy atom. The number of hydrogen-bond donors (Lipinski definition) is 0. The van der Waals surface area contributed by atoms with E-state index < -0.39 is 6.16 Å². The van der Waals surface area contributed by atoms with E-state index in [1.165, 1.54) is 17.0 Å². The van der Waals surface area contributed by atoms with Crippen molar-refractivity contribution >= 4 is 29.8 Å². The molecule has 0 aromatic heterocycles. The zero-order valence-electron chi connectivity index (χ0n) is 20.0. The van der Waals surface area contributed by atoms with E-state index in [2.05, 4.69) is 0 Å². The molecule has 2 aliphatic rings. The highest BCUT2D eigenvalue weighted by Gasteiger charge is 2.34. The fourth-order valence-corrected chi connectivity index (χ4v) is 4.24. The fourth-order valence-electron chi connectivity index (χ4n) is 4.24. The van der Waals surface area contributed by atoms with E-state index in [0.29, 0.717) is 49.3 Å². The molecule has 0 aliphatic carbocycles. The summed E-state index contributed by atoms with van der Waals surface area (Å²) in [5, 5.41) is 0. The maximum Gasteiger partial charge on any atom is 0.513 e. The van der Waals surface area contributed by atoms with Crippen LogP contribution in [0.15, 0.2) is 48.5 Å². The fraction of sp³-hybridized carbons (Fsp3) is 0.346. The smallest absolute Gasteiger partial charge is 0.434 e. The van der Waals surface area contributed by atoms with Gasteiger partial charge in [-0.1, -0.05) is 12.1 Å². The number of piperazine rings is 1. The van der Waals surface area contributed by atoms with Crippen molar-refractivity contribution in [3.63, 3.8) is 0 Å². The molecule has 0 bridgehead atoms. The molecule has 4 rings (SSSR count). The van der Waals surface area contributed by atoms with E-state index >= 15 is 0 Å². The molecule has 0 N–H and O–H groups in total. The zero-order valence-corrected chi connectivity index (χ0v) is 20.0. The van der Waals surface area contributed by atoms with E-state index in [4.69, 9.17) is 9.47 Å². The molecular formula is C26H27N3O7. The summed E-state index contributed by atoms with van der Waals surface area (Å²) in [6.07, 6.45) is -0.214. The number of fused-ring (bicyclic) bond motifs is 1. The van der Waals surface area contributed by atoms with Crippen LogP contribution in [0.1, 0.15) is 50.8 Å². The second kappa shape index (κ2) is 11.0. The lowest BCUT2D eigenvalue weighted by Gasteiger charge is -2.35. The summed E-state index contributed by atoms with van der Waals surface area (Å²) in [4.78, 5) is 66.3. The quantitative estimate of drug-likeness (QED) is 0.331. The number of rotatable bonds is 7. The molecule has 10 heteroatoms. The predicted molar refractivity (Wildman–Crippen MR) is 128 cm³/mol. The summed E-state index contributed by atoms with van der Waals surface area (Å²) in [5.74, 6) is -0.609. The maximum absolute atomic E-state index is 12.8. The van der Waals surface area contributed by atoms with Crippen LogP contribution in [0.5, 0.6) is 5.75 Å². The molecular weight excluding hydrogens is 466 g/mol. The van der Waals surface area contributed by atoms with Crippen molar-refractivity contribution < 1.29 is 33.4 Å². The van der Waals surface area contributed by atoms with Gasteiger partial charge in [-0.3, -0.25) is 24.1 Å². The van der Waals surface area contributed by atoms with Gasteiger partial charge < -0.3 is 19.3 Å². The molecule has 36 heavy (non-hydrogen) atoms. The molecule has 0 atom stereocenters. The monoisotopic (exact) mass is 493 g/mol. The van der Waals surface area contributed by atoms with Crippen LogP contribution in [-0.2, 0) is 9.53 Å². The van der Waals surface area contributed by atoms with Gasteiger partial charge in [0, 0.05) is 44.7 Å². The second-order valence-electron chi connectivity index (χ2n) is 8.39. The standard InChI is InChI=1S/C26H27N3O7/c1-2-35-26(34)36-19-11-9-18(10-12-19)23(31)28-16-14-27(15-17-28)22(30)8-5-13-29-24(32)20-6-3-4-7-21(20)25(29)33/h3-4,6-7,9-12H,2,5,8,13-17H2,1H3. The number of carbonyl (C=O) groups is 5. The van der Waals surface area contributed by atoms with Crippen molar-refractivity contribution in [2.75, 3.05) is 39.3 Å². The second-order valence-corrected chi connectivity index (χ2v) is 8.39. The van der Waals surface area contributed by atoms with Crippen LogP contribution in [0.2, 0.25) is 0 Å². The number of imide groups is 1. The van der Waals surface area contributed by atoms with Gasteiger partial charge in [0.2, 0.25) is 5.91 Å². The van der Waals surface area contributed by atoms with Gasteiger partial charge in [-0.15, -0.1) is 0 Å². The van der Waals surface area contributed by atoms with E-state index in [0.717, 1.165) is 0 Å². The highest BCUT2D eigenvalue weighted by atomic mass is 16.7. The Hall–Kier alpha value is -4.21. The minimum Gasteiger partial charge on any atom is -0.434 e. The maximum atomic E-state index is 12.8. The van der Waals surface area contributed by atoms with Crippen LogP contribution in [-0.4, -0.2) is 83.8 Å². The molecule has 0 unspecified atom stereocenters. The van der Waals surface area contributed by atoms with Gasteiger partial charge in [0.05, 0.1) is 17.7 Å². The number of carbonyl (C=O) groups excluding carboxylic acids is 5. The molecule has 4 amide bonds. The first kappa shape index (κ1) is 24.9. The van der Waals surface area contributed by atoms with Crippen molar-refractivity contribution in [3.05, 3.63) is 65.2 Å². The topological polar surface area (TPSA) is 114 Å². The third-order valence-corrected chi connectivity index (χ3v) is 6.13. The third kappa shape index (κ3) is 5.37. The van der Waals surface area contributed by atoms with Gasteiger partial charge in [-0.25, -0.2) is 4.79 Å². The van der Waals surface area contributed by atoms with Crippen molar-refractivity contribution in [2.24, 2.45) is 0 Å². The highest BCUT2D eigenvalue weighted by molar-refractivity contribution is 6.21. The number of benzene rings is 2. The van der Waals surface area contributed by atoms with E-state index in [1.807, 2.05) is 0 Å². The first-order chi connectivity index (χ1) is 17.4. The Labute approximate surface area is 208 Å². The third-order valence-electron chi connectivity index (χ3n) is 6.13. The minimum absolute atomic E-state index is 0.0702. The van der Waals surface area contributed by atoms with Gasteiger partial charge in [0.1, 0.15) is 5.75 Å². The summed E-state index contributed by atoms with van der Waals surface area (Å²) in [5.41, 5.74) is 1.25. The van der Waals surface area contributed by atoms with Crippen LogP contribution in [0.4, 0.5) is 4.79 Å². The van der Waals surface area contributed by atoms with E-state index in [9.17, 15) is 24.0 Å². The molecule has 0 saturated carbocycles. The van der Waals surface area contributed by atoms with Gasteiger partial charge in [0.25, 0.3) is 17.7 Å². The van der Waals surface area contributed by atoms with Crippen LogP contribution < -0.4 is 4.74 Å². The highest BCUT2D eigenvalue weighted by Crippen LogP contribution is 2.23. The van der Waals surface area contributed by atoms with Gasteiger partial charge >= 0.3 is 6.16 Å². The Balaban J connectivity index is 1.21. The Morgan fingerprint density at radius 1 is 0.833 bits per heavy atom. The number of amides is 4. The zero-order chi connectivity index (χ0) is 25.7.